The van der Waals surface area contributed by atoms with Crippen LogP contribution in [0.2, 0.25) is 0 Å². The molecule has 0 radical (unpaired) electrons. The number of benzene rings is 2. The monoisotopic (exact) mass is 945 g/mol. The van der Waals surface area contributed by atoms with Crippen LogP contribution in [0.1, 0.15) is 65.0 Å². The lowest BCUT2D eigenvalue weighted by Crippen LogP contribution is -2.63. The number of amides is 7. The van der Waals surface area contributed by atoms with E-state index in [1.807, 2.05) is 0 Å². The van der Waals surface area contributed by atoms with Crippen molar-refractivity contribution in [3.8, 4) is 5.75 Å². The van der Waals surface area contributed by atoms with Gasteiger partial charge in [0.05, 0.1) is 24.9 Å². The predicted molar refractivity (Wildman–Crippen MR) is 241 cm³/mol. The number of nitrogens with two attached hydrogens (primary N) is 2. The van der Waals surface area contributed by atoms with Crippen molar-refractivity contribution < 1.29 is 69.0 Å². The summed E-state index contributed by atoms with van der Waals surface area (Å²) in [5.74, 6) is -9.28. The molecule has 0 saturated carbocycles. The van der Waals surface area contributed by atoms with Gasteiger partial charge in [0, 0.05) is 12.8 Å². The Bertz CT molecular complexity index is 1950. The Labute approximate surface area is 388 Å². The second-order valence-corrected chi connectivity index (χ2v) is 16.6. The van der Waals surface area contributed by atoms with Crippen LogP contribution in [0.15, 0.2) is 54.6 Å². The molecular weight excluding hydrogens is 879 g/mol. The van der Waals surface area contributed by atoms with Crippen molar-refractivity contribution in [1.82, 2.24) is 37.2 Å². The third kappa shape index (κ3) is 18.9. The van der Waals surface area contributed by atoms with Crippen molar-refractivity contribution in [2.45, 2.75) is 133 Å². The number of phenols is 1. The van der Waals surface area contributed by atoms with E-state index in [-0.39, 0.29) is 31.6 Å². The number of carbonyl (C=O) groups is 8. The molecule has 0 aliphatic heterocycles. The second kappa shape index (κ2) is 28.1. The lowest BCUT2D eigenvalue weighted by atomic mass is 10.0. The molecule has 372 valence electrons. The van der Waals surface area contributed by atoms with E-state index in [1.54, 1.807) is 30.3 Å². The van der Waals surface area contributed by atoms with Gasteiger partial charge in [0.1, 0.15) is 54.1 Å². The van der Waals surface area contributed by atoms with Crippen molar-refractivity contribution in [2.24, 2.45) is 17.4 Å². The molecule has 67 heavy (non-hydrogen) atoms. The molecule has 2 aromatic rings. The smallest absolute Gasteiger partial charge is 0.326 e. The maximum Gasteiger partial charge on any atom is 0.326 e. The highest BCUT2D eigenvalue weighted by atomic mass is 16.4. The molecule has 23 nitrogen and oxygen atoms in total. The number of aliphatic carboxylic acids is 1. The van der Waals surface area contributed by atoms with Gasteiger partial charge >= 0.3 is 5.97 Å². The van der Waals surface area contributed by atoms with E-state index in [1.165, 1.54) is 58.9 Å². The van der Waals surface area contributed by atoms with Gasteiger partial charge in [-0.15, -0.1) is 0 Å². The van der Waals surface area contributed by atoms with Crippen molar-refractivity contribution in [3.63, 3.8) is 0 Å². The van der Waals surface area contributed by atoms with Gasteiger partial charge in [-0.1, -0.05) is 56.3 Å². The molecule has 0 spiro atoms. The lowest BCUT2D eigenvalue weighted by molar-refractivity contribution is -0.143. The molecule has 0 aliphatic rings. The first-order valence-electron chi connectivity index (χ1n) is 21.8. The summed E-state index contributed by atoms with van der Waals surface area (Å²) < 4.78 is 0. The summed E-state index contributed by atoms with van der Waals surface area (Å²) in [6.45, 7) is 5.92. The minimum Gasteiger partial charge on any atom is -0.508 e. The maximum absolute atomic E-state index is 13.9. The lowest BCUT2D eigenvalue weighted by Gasteiger charge is -2.29. The molecule has 2 aromatic carbocycles. The van der Waals surface area contributed by atoms with E-state index < -0.39 is 126 Å². The van der Waals surface area contributed by atoms with Crippen LogP contribution < -0.4 is 48.7 Å². The zero-order valence-electron chi connectivity index (χ0n) is 38.2. The van der Waals surface area contributed by atoms with E-state index in [0.29, 0.717) is 24.0 Å². The zero-order chi connectivity index (χ0) is 50.5. The third-order valence-electron chi connectivity index (χ3n) is 10.5. The van der Waals surface area contributed by atoms with E-state index in [4.69, 9.17) is 11.5 Å². The summed E-state index contributed by atoms with van der Waals surface area (Å²) in [5, 5.41) is 77.4. The van der Waals surface area contributed by atoms with Crippen molar-refractivity contribution in [1.29, 1.82) is 0 Å². The number of hydrogen-bond acceptors (Lipinski definition) is 15. The Hall–Kier alpha value is -6.24. The summed E-state index contributed by atoms with van der Waals surface area (Å²) >= 11 is 0. The van der Waals surface area contributed by atoms with Crippen LogP contribution >= 0.6 is 0 Å². The van der Waals surface area contributed by atoms with Gasteiger partial charge in [-0.3, -0.25) is 33.6 Å². The topological polar surface area (TPSA) is 394 Å². The average molecular weight is 946 g/mol. The number of aromatic hydroxyl groups is 1. The second-order valence-electron chi connectivity index (χ2n) is 16.6. The number of aliphatic hydroxyl groups is 4. The first-order valence-corrected chi connectivity index (χ1v) is 21.8. The van der Waals surface area contributed by atoms with Crippen molar-refractivity contribution in [2.75, 3.05) is 13.2 Å². The van der Waals surface area contributed by atoms with Crippen LogP contribution in [-0.4, -0.2) is 158 Å². The number of rotatable bonds is 28. The first-order chi connectivity index (χ1) is 31.5. The summed E-state index contributed by atoms with van der Waals surface area (Å²) in [6, 6.07) is 1.47. The molecule has 2 rings (SSSR count). The summed E-state index contributed by atoms with van der Waals surface area (Å²) in [4.78, 5) is 106. The highest BCUT2D eigenvalue weighted by molar-refractivity contribution is 5.98. The number of carboxylic acids is 1. The normalized spacial score (nSPS) is 16.2. The molecule has 0 bridgehead atoms. The zero-order valence-corrected chi connectivity index (χ0v) is 38.2. The van der Waals surface area contributed by atoms with E-state index in [9.17, 15) is 69.0 Å². The molecule has 0 aromatic heterocycles. The quantitative estimate of drug-likeness (QED) is 0.0361. The number of carbonyl (C=O) groups excluding carboxylic acids is 7. The largest absolute Gasteiger partial charge is 0.508 e. The number of phenolic OH excluding ortho intramolecular Hbond substituents is 1. The Morgan fingerprint density at radius 1 is 0.522 bits per heavy atom. The molecule has 0 heterocycles. The molecule has 7 amide bonds. The average Bonchev–Trinajstić information content (AvgIpc) is 3.27. The summed E-state index contributed by atoms with van der Waals surface area (Å²) in [7, 11) is 0. The van der Waals surface area contributed by atoms with Crippen LogP contribution in [-0.2, 0) is 51.2 Å². The fraction of sp³-hybridized carbons (Fsp3) is 0.545. The Balaban J connectivity index is 2.31. The van der Waals surface area contributed by atoms with Crippen LogP contribution in [0.5, 0.6) is 5.75 Å². The highest BCUT2D eigenvalue weighted by Gasteiger charge is 2.37. The van der Waals surface area contributed by atoms with E-state index in [0.717, 1.165) is 0 Å². The molecule has 11 atom stereocenters. The molecule has 17 N–H and O–H groups in total. The Kier molecular flexibility index (Phi) is 23.8. The first kappa shape index (κ1) is 56.9. The standard InChI is InChI=1S/C44H67N9O14/c1-22(2)34(51-43(65)36(25(5)57)52-37(59)29(13-9-10-18-45)47-40(62)33(46)23(3)55)41(63)50-32(21-54)39(61)48-30(19-27-14-16-28(58)17-15-27)38(60)53-35(24(4)56)42(64)49-31(44(66)67)20-26-11-7-6-8-12-26/h6-8,11-12,14-17,22-25,29-36,54-58H,9-10,13,18-21,45-46H2,1-5H3,(H,47,62)(H,48,61)(H,49,64)(H,50,63)(H,51,65)(H,52,59)(H,53,60)(H,66,67). The molecule has 0 fully saturated rings. The van der Waals surface area contributed by atoms with Crippen LogP contribution in [0.3, 0.4) is 0 Å². The molecule has 0 aliphatic carbocycles. The number of aliphatic hydroxyl groups excluding tert-OH is 4. The van der Waals surface area contributed by atoms with Crippen LogP contribution in [0.4, 0.5) is 0 Å². The minimum absolute atomic E-state index is 0.0490. The Morgan fingerprint density at radius 2 is 0.955 bits per heavy atom. The molecule has 23 heteroatoms. The molecular formula is C44H67N9O14. The number of nitrogens with one attached hydrogen (secondary N) is 7. The number of unbranched alkanes of at least 4 members (excludes halogenated alkanes) is 1. The van der Waals surface area contributed by atoms with Gasteiger partial charge in [-0.05, 0) is 75.8 Å². The fourth-order valence-electron chi connectivity index (χ4n) is 6.46. The van der Waals surface area contributed by atoms with Crippen LogP contribution in [0.25, 0.3) is 0 Å². The van der Waals surface area contributed by atoms with Gasteiger partial charge in [-0.2, -0.15) is 0 Å². The van der Waals surface area contributed by atoms with Crippen LogP contribution in [0, 0.1) is 5.92 Å². The SMILES string of the molecule is CC(C)C(NC(=O)C(NC(=O)C(CCCCN)NC(=O)C(N)C(C)O)C(C)O)C(=O)NC(CO)C(=O)NC(Cc1ccc(O)cc1)C(=O)NC(C(=O)NC(Cc1ccccc1)C(=O)O)C(C)O. The van der Waals surface area contributed by atoms with E-state index in [2.05, 4.69) is 37.2 Å². The summed E-state index contributed by atoms with van der Waals surface area (Å²) in [6.07, 6.45) is -3.94. The van der Waals surface area contributed by atoms with Gasteiger partial charge in [0.15, 0.2) is 0 Å². The molecule has 0 saturated heterocycles. The van der Waals surface area contributed by atoms with Gasteiger partial charge < -0.3 is 79.3 Å². The maximum atomic E-state index is 13.9. The fourth-order valence-corrected chi connectivity index (χ4v) is 6.46. The number of carboxylic acid groups (broad SMARTS) is 1. The molecule has 11 unspecified atom stereocenters. The van der Waals surface area contributed by atoms with Gasteiger partial charge in [-0.25, -0.2) is 4.79 Å². The summed E-state index contributed by atoms with van der Waals surface area (Å²) in [5.41, 5.74) is 12.3. The van der Waals surface area contributed by atoms with E-state index >= 15 is 0 Å². The van der Waals surface area contributed by atoms with Crippen molar-refractivity contribution >= 4 is 47.3 Å². The van der Waals surface area contributed by atoms with Gasteiger partial charge in [0.2, 0.25) is 41.4 Å². The highest BCUT2D eigenvalue weighted by Crippen LogP contribution is 2.13. The number of hydrogen-bond donors (Lipinski definition) is 15. The van der Waals surface area contributed by atoms with Crippen molar-refractivity contribution in [3.05, 3.63) is 65.7 Å². The van der Waals surface area contributed by atoms with Gasteiger partial charge in [0.25, 0.3) is 0 Å². The third-order valence-corrected chi connectivity index (χ3v) is 10.5. The minimum atomic E-state index is -1.77. The predicted octanol–water partition coefficient (Wildman–Crippen LogP) is -4.10. The Morgan fingerprint density at radius 3 is 1.45 bits per heavy atom.